The lowest BCUT2D eigenvalue weighted by Gasteiger charge is -2.06. The Kier molecular flexibility index (Phi) is 6.38. The highest BCUT2D eigenvalue weighted by molar-refractivity contribution is 4.75. The predicted molar refractivity (Wildman–Crippen MR) is 45.1 cm³/mol. The molecular weight excluding hydrogens is 120 g/mol. The third kappa shape index (κ3) is 5.69. The maximum absolute atomic E-state index is 6.72. The summed E-state index contributed by atoms with van der Waals surface area (Å²) in [4.78, 5) is 0. The molecule has 0 nitrogen and oxygen atoms in total. The largest absolute Gasteiger partial charge is 0.0891 e. The third-order valence-electron chi connectivity index (χ3n) is 1.81. The fourth-order valence-electron chi connectivity index (χ4n) is 1.02. The number of rotatable bonds is 5. The number of unbranched alkanes of at least 4 members (excludes halogenated alkanes) is 1. The van der Waals surface area contributed by atoms with Crippen LogP contribution in [0.3, 0.4) is 0 Å². The summed E-state index contributed by atoms with van der Waals surface area (Å²) in [5, 5.41) is 0. The minimum atomic E-state index is 0.790. The lowest BCUT2D eigenvalue weighted by atomic mass is 9.99. The second-order valence-electron chi connectivity index (χ2n) is 2.96. The molecule has 1 atom stereocenters. The highest BCUT2D eigenvalue weighted by Gasteiger charge is 1.98. The van der Waals surface area contributed by atoms with Gasteiger partial charge in [0.1, 0.15) is 0 Å². The van der Waals surface area contributed by atoms with Gasteiger partial charge in [-0.3, -0.25) is 0 Å². The molecule has 0 aliphatic heterocycles. The minimum Gasteiger partial charge on any atom is -0.0891 e. The summed E-state index contributed by atoms with van der Waals surface area (Å²) < 4.78 is 0. The first-order valence-corrected chi connectivity index (χ1v) is 4.20. The second-order valence-corrected chi connectivity index (χ2v) is 2.96. The second kappa shape index (κ2) is 6.68. The Morgan fingerprint density at radius 3 is 2.60 bits per heavy atom. The summed E-state index contributed by atoms with van der Waals surface area (Å²) in [5.41, 5.74) is 0. The molecule has 0 N–H and O–H groups in total. The molecule has 57 valence electrons. The fraction of sp³-hybridized carbons (Fsp3) is 0.800. The summed E-state index contributed by atoms with van der Waals surface area (Å²) in [7, 11) is 0. The van der Waals surface area contributed by atoms with Crippen LogP contribution < -0.4 is 0 Å². The van der Waals surface area contributed by atoms with Gasteiger partial charge in [0.2, 0.25) is 0 Å². The monoisotopic (exact) mass is 137 g/mol. The molecule has 0 aliphatic carbocycles. The van der Waals surface area contributed by atoms with E-state index in [1.807, 2.05) is 0 Å². The molecule has 1 radical (unpaired) electrons. The van der Waals surface area contributed by atoms with E-state index in [0.29, 0.717) is 0 Å². The van der Waals surface area contributed by atoms with Gasteiger partial charge in [-0.05, 0) is 18.8 Å². The van der Waals surface area contributed by atoms with Crippen LogP contribution in [0.5, 0.6) is 0 Å². The van der Waals surface area contributed by atoms with Gasteiger partial charge >= 0.3 is 0 Å². The lowest BCUT2D eigenvalue weighted by molar-refractivity contribution is 0.478. The van der Waals surface area contributed by atoms with Crippen molar-refractivity contribution in [1.82, 2.24) is 0 Å². The highest BCUT2D eigenvalue weighted by Crippen LogP contribution is 2.12. The Morgan fingerprint density at radius 2 is 2.10 bits per heavy atom. The Morgan fingerprint density at radius 1 is 1.40 bits per heavy atom. The Hall–Kier alpha value is -0.440. The van der Waals surface area contributed by atoms with Crippen LogP contribution in [0.1, 0.15) is 46.0 Å². The zero-order chi connectivity index (χ0) is 7.82. The zero-order valence-corrected chi connectivity index (χ0v) is 7.11. The first-order chi connectivity index (χ1) is 4.81. The zero-order valence-electron chi connectivity index (χ0n) is 7.11. The van der Waals surface area contributed by atoms with Crippen molar-refractivity contribution < 1.29 is 0 Å². The molecule has 0 aliphatic rings. The van der Waals surface area contributed by atoms with Gasteiger partial charge in [-0.25, -0.2) is 0 Å². The molecule has 0 heterocycles. The maximum Gasteiger partial charge on any atom is 0.0101 e. The van der Waals surface area contributed by atoms with Gasteiger partial charge in [-0.1, -0.05) is 39.0 Å². The average molecular weight is 137 g/mol. The third-order valence-corrected chi connectivity index (χ3v) is 1.81. The number of hydrogen-bond acceptors (Lipinski definition) is 0. The van der Waals surface area contributed by atoms with Crippen LogP contribution in [0.25, 0.3) is 0 Å². The van der Waals surface area contributed by atoms with E-state index in [1.165, 1.54) is 19.3 Å². The van der Waals surface area contributed by atoms with E-state index in [1.54, 1.807) is 0 Å². The molecule has 0 amide bonds. The van der Waals surface area contributed by atoms with Crippen molar-refractivity contribution in [2.45, 2.75) is 46.0 Å². The molecule has 0 saturated carbocycles. The van der Waals surface area contributed by atoms with E-state index < -0.39 is 0 Å². The molecule has 0 aromatic rings. The van der Waals surface area contributed by atoms with Crippen molar-refractivity contribution >= 4 is 0 Å². The molecule has 0 aromatic heterocycles. The number of hydrogen-bond donors (Lipinski definition) is 0. The van der Waals surface area contributed by atoms with E-state index in [2.05, 4.69) is 19.8 Å². The normalized spacial score (nSPS) is 12.5. The molecular formula is C10H17. The van der Waals surface area contributed by atoms with Gasteiger partial charge in [0.25, 0.3) is 0 Å². The quantitative estimate of drug-likeness (QED) is 0.510. The minimum absolute atomic E-state index is 0.790. The molecule has 1 unspecified atom stereocenters. The molecule has 0 spiro atoms. The highest BCUT2D eigenvalue weighted by atomic mass is 14.0. The van der Waals surface area contributed by atoms with Crippen molar-refractivity contribution in [3.05, 3.63) is 6.42 Å². The summed E-state index contributed by atoms with van der Waals surface area (Å²) in [6, 6.07) is 0. The average Bonchev–Trinajstić information content (AvgIpc) is 1.97. The Labute approximate surface area is 65.0 Å². The summed E-state index contributed by atoms with van der Waals surface area (Å²) in [6.07, 6.45) is 12.6. The molecule has 10 heavy (non-hydrogen) atoms. The van der Waals surface area contributed by atoms with E-state index >= 15 is 0 Å². The van der Waals surface area contributed by atoms with Gasteiger partial charge in [0, 0.05) is 6.42 Å². The molecule has 0 saturated heterocycles. The summed E-state index contributed by atoms with van der Waals surface area (Å²) in [5.74, 6) is 3.21. The van der Waals surface area contributed by atoms with Crippen LogP contribution in [-0.4, -0.2) is 0 Å². The van der Waals surface area contributed by atoms with Crippen molar-refractivity contribution in [2.75, 3.05) is 0 Å². The Balaban J connectivity index is 3.10. The van der Waals surface area contributed by atoms with E-state index in [0.717, 1.165) is 18.8 Å². The van der Waals surface area contributed by atoms with Gasteiger partial charge < -0.3 is 0 Å². The van der Waals surface area contributed by atoms with E-state index in [9.17, 15) is 0 Å². The SMILES string of the molecule is [C]#CCCC(C)CCCC. The standard InChI is InChI=1S/C10H17/c1-4-6-8-10(3)9-7-5-2/h10H,4,6-9H2,1,3H3. The molecule has 0 aromatic carbocycles. The lowest BCUT2D eigenvalue weighted by Crippen LogP contribution is -1.92. The van der Waals surface area contributed by atoms with Crippen LogP contribution in [0.15, 0.2) is 0 Å². The molecule has 0 rings (SSSR count). The van der Waals surface area contributed by atoms with E-state index in [4.69, 9.17) is 6.42 Å². The van der Waals surface area contributed by atoms with Crippen LogP contribution in [0, 0.1) is 18.3 Å². The fourth-order valence-corrected chi connectivity index (χ4v) is 1.02. The molecule has 0 heteroatoms. The molecule has 0 bridgehead atoms. The van der Waals surface area contributed by atoms with E-state index in [-0.39, 0.29) is 0 Å². The maximum atomic E-state index is 6.72. The van der Waals surface area contributed by atoms with Gasteiger partial charge in [-0.15, -0.1) is 0 Å². The summed E-state index contributed by atoms with van der Waals surface area (Å²) >= 11 is 0. The van der Waals surface area contributed by atoms with Crippen molar-refractivity contribution in [1.29, 1.82) is 0 Å². The van der Waals surface area contributed by atoms with Crippen molar-refractivity contribution in [2.24, 2.45) is 5.92 Å². The van der Waals surface area contributed by atoms with Crippen LogP contribution >= 0.6 is 0 Å². The Bertz CT molecular complexity index is 97.1. The van der Waals surface area contributed by atoms with Crippen molar-refractivity contribution in [3.8, 4) is 5.92 Å². The van der Waals surface area contributed by atoms with Gasteiger partial charge in [0.05, 0.1) is 0 Å². The topological polar surface area (TPSA) is 0 Å². The summed E-state index contributed by atoms with van der Waals surface area (Å²) in [6.45, 7) is 4.47. The predicted octanol–water partition coefficient (Wildman–Crippen LogP) is 3.18. The van der Waals surface area contributed by atoms with Crippen LogP contribution in [-0.2, 0) is 0 Å². The van der Waals surface area contributed by atoms with Gasteiger partial charge in [0.15, 0.2) is 0 Å². The van der Waals surface area contributed by atoms with Crippen LogP contribution in [0.2, 0.25) is 0 Å². The van der Waals surface area contributed by atoms with Gasteiger partial charge in [-0.2, -0.15) is 0 Å². The molecule has 0 fully saturated rings. The first-order valence-electron chi connectivity index (χ1n) is 4.20. The van der Waals surface area contributed by atoms with Crippen LogP contribution in [0.4, 0.5) is 0 Å². The smallest absolute Gasteiger partial charge is 0.0101 e. The first kappa shape index (κ1) is 9.56. The van der Waals surface area contributed by atoms with Crippen molar-refractivity contribution in [3.63, 3.8) is 0 Å².